The average Bonchev–Trinajstić information content (AvgIpc) is 2.98. The summed E-state index contributed by atoms with van der Waals surface area (Å²) in [5, 5.41) is 6.51. The maximum absolute atomic E-state index is 12.9. The van der Waals surface area contributed by atoms with Crippen LogP contribution in [0.2, 0.25) is 15.1 Å². The normalized spacial score (nSPS) is 13.5. The molecule has 172 valence electrons. The van der Waals surface area contributed by atoms with E-state index < -0.39 is 11.8 Å². The SMILES string of the molecule is Cc1cc(Cl)ccc1NC(=O)c1ccc(NC2=C(Cl)C(=O)N(c3cc(Cl)cc(Cl)c3)C2=O)cc1. The summed E-state index contributed by atoms with van der Waals surface area (Å²) < 4.78 is 0. The van der Waals surface area contributed by atoms with Crippen molar-refractivity contribution in [2.75, 3.05) is 15.5 Å². The zero-order valence-electron chi connectivity index (χ0n) is 17.5. The number of hydrogen-bond acceptors (Lipinski definition) is 4. The first-order chi connectivity index (χ1) is 16.1. The summed E-state index contributed by atoms with van der Waals surface area (Å²) in [6, 6.07) is 15.9. The maximum atomic E-state index is 12.9. The Balaban J connectivity index is 1.50. The summed E-state index contributed by atoms with van der Waals surface area (Å²) in [7, 11) is 0. The van der Waals surface area contributed by atoms with E-state index in [9.17, 15) is 14.4 Å². The van der Waals surface area contributed by atoms with Crippen LogP contribution >= 0.6 is 46.4 Å². The fraction of sp³-hybridized carbons (Fsp3) is 0.0417. The molecule has 3 amide bonds. The highest BCUT2D eigenvalue weighted by atomic mass is 35.5. The number of nitrogens with zero attached hydrogens (tertiary/aromatic N) is 1. The number of nitrogens with one attached hydrogen (secondary N) is 2. The highest BCUT2D eigenvalue weighted by molar-refractivity contribution is 6.53. The molecule has 0 saturated carbocycles. The first kappa shape index (κ1) is 24.1. The number of amides is 3. The minimum absolute atomic E-state index is 0.100. The lowest BCUT2D eigenvalue weighted by molar-refractivity contribution is -0.120. The number of carbonyl (C=O) groups excluding carboxylic acids is 3. The first-order valence-electron chi connectivity index (χ1n) is 9.83. The zero-order chi connectivity index (χ0) is 24.6. The van der Waals surface area contributed by atoms with Gasteiger partial charge in [0.15, 0.2) is 0 Å². The Morgan fingerprint density at radius 1 is 0.794 bits per heavy atom. The van der Waals surface area contributed by atoms with E-state index in [4.69, 9.17) is 46.4 Å². The molecule has 0 fully saturated rings. The minimum atomic E-state index is -0.707. The summed E-state index contributed by atoms with van der Waals surface area (Å²) in [4.78, 5) is 39.0. The molecule has 0 unspecified atom stereocenters. The largest absolute Gasteiger partial charge is 0.350 e. The molecule has 3 aromatic carbocycles. The van der Waals surface area contributed by atoms with Crippen LogP contribution in [0.15, 0.2) is 71.4 Å². The van der Waals surface area contributed by atoms with Crippen molar-refractivity contribution in [3.8, 4) is 0 Å². The Kier molecular flexibility index (Phi) is 6.86. The Morgan fingerprint density at radius 3 is 2.06 bits per heavy atom. The van der Waals surface area contributed by atoms with E-state index in [2.05, 4.69) is 10.6 Å². The average molecular weight is 535 g/mol. The van der Waals surface area contributed by atoms with E-state index in [1.165, 1.54) is 18.2 Å². The number of carbonyl (C=O) groups is 3. The molecule has 34 heavy (non-hydrogen) atoms. The molecule has 2 N–H and O–H groups in total. The predicted octanol–water partition coefficient (Wildman–Crippen LogP) is 6.64. The third-order valence-electron chi connectivity index (χ3n) is 4.99. The van der Waals surface area contributed by atoms with Crippen molar-refractivity contribution in [1.29, 1.82) is 0 Å². The summed E-state index contributed by atoms with van der Waals surface area (Å²) in [6.45, 7) is 1.84. The molecule has 0 aliphatic carbocycles. The number of imide groups is 1. The van der Waals surface area contributed by atoms with Crippen LogP contribution < -0.4 is 15.5 Å². The molecule has 0 saturated heterocycles. The van der Waals surface area contributed by atoms with Gasteiger partial charge in [-0.25, -0.2) is 4.90 Å². The van der Waals surface area contributed by atoms with Gasteiger partial charge < -0.3 is 10.6 Å². The predicted molar refractivity (Wildman–Crippen MR) is 136 cm³/mol. The molecule has 3 aromatic rings. The van der Waals surface area contributed by atoms with Gasteiger partial charge in [0.05, 0.1) is 5.69 Å². The number of hydrogen-bond donors (Lipinski definition) is 2. The second-order valence-corrected chi connectivity index (χ2v) is 9.07. The summed E-state index contributed by atoms with van der Waals surface area (Å²) >= 11 is 24.1. The number of rotatable bonds is 5. The van der Waals surface area contributed by atoms with Gasteiger partial charge in [0.2, 0.25) is 0 Å². The Labute approximate surface area is 215 Å². The third kappa shape index (κ3) is 4.91. The quantitative estimate of drug-likeness (QED) is 0.359. The minimum Gasteiger partial charge on any atom is -0.350 e. The van der Waals surface area contributed by atoms with Crippen LogP contribution in [0, 0.1) is 6.92 Å². The summed E-state index contributed by atoms with van der Waals surface area (Å²) in [6.07, 6.45) is 0. The van der Waals surface area contributed by atoms with Crippen molar-refractivity contribution in [3.63, 3.8) is 0 Å². The number of benzene rings is 3. The molecule has 0 bridgehead atoms. The van der Waals surface area contributed by atoms with Crippen molar-refractivity contribution >= 4 is 81.2 Å². The molecule has 0 aromatic heterocycles. The van der Waals surface area contributed by atoms with Gasteiger partial charge in [0, 0.05) is 32.0 Å². The van der Waals surface area contributed by atoms with Crippen molar-refractivity contribution in [1.82, 2.24) is 0 Å². The molecule has 0 radical (unpaired) electrons. The highest BCUT2D eigenvalue weighted by Gasteiger charge is 2.39. The van der Waals surface area contributed by atoms with Crippen LogP contribution in [0.1, 0.15) is 15.9 Å². The Morgan fingerprint density at radius 2 is 1.44 bits per heavy atom. The number of aryl methyl sites for hydroxylation is 1. The second-order valence-electron chi connectivity index (χ2n) is 7.38. The topological polar surface area (TPSA) is 78.5 Å². The van der Waals surface area contributed by atoms with Crippen LogP contribution in [0.3, 0.4) is 0 Å². The smallest absolute Gasteiger partial charge is 0.283 e. The fourth-order valence-corrected chi connectivity index (χ4v) is 4.28. The molecule has 1 heterocycles. The lowest BCUT2D eigenvalue weighted by Crippen LogP contribution is -2.32. The monoisotopic (exact) mass is 533 g/mol. The highest BCUT2D eigenvalue weighted by Crippen LogP contribution is 2.33. The van der Waals surface area contributed by atoms with E-state index in [0.717, 1.165) is 10.5 Å². The summed E-state index contributed by atoms with van der Waals surface area (Å²) in [5.74, 6) is -1.68. The van der Waals surface area contributed by atoms with Crippen LogP contribution in [0.4, 0.5) is 17.1 Å². The van der Waals surface area contributed by atoms with Gasteiger partial charge in [0.1, 0.15) is 10.7 Å². The van der Waals surface area contributed by atoms with Gasteiger partial charge in [-0.15, -0.1) is 0 Å². The molecular weight excluding hydrogens is 520 g/mol. The van der Waals surface area contributed by atoms with E-state index in [-0.39, 0.29) is 32.4 Å². The second kappa shape index (κ2) is 9.68. The third-order valence-corrected chi connectivity index (χ3v) is 6.01. The van der Waals surface area contributed by atoms with E-state index in [1.54, 1.807) is 42.5 Å². The lowest BCUT2D eigenvalue weighted by atomic mass is 10.1. The van der Waals surface area contributed by atoms with E-state index in [1.807, 2.05) is 6.92 Å². The van der Waals surface area contributed by atoms with Gasteiger partial charge in [0.25, 0.3) is 17.7 Å². The van der Waals surface area contributed by atoms with Crippen molar-refractivity contribution < 1.29 is 14.4 Å². The molecule has 1 aliphatic rings. The number of anilines is 3. The van der Waals surface area contributed by atoms with E-state index in [0.29, 0.717) is 22.0 Å². The van der Waals surface area contributed by atoms with Crippen LogP contribution in [-0.2, 0) is 9.59 Å². The zero-order valence-corrected chi connectivity index (χ0v) is 20.5. The number of halogens is 4. The van der Waals surface area contributed by atoms with Crippen LogP contribution in [-0.4, -0.2) is 17.7 Å². The van der Waals surface area contributed by atoms with E-state index >= 15 is 0 Å². The van der Waals surface area contributed by atoms with Crippen LogP contribution in [0.5, 0.6) is 0 Å². The Bertz CT molecular complexity index is 1350. The van der Waals surface area contributed by atoms with Gasteiger partial charge in [-0.1, -0.05) is 46.4 Å². The van der Waals surface area contributed by atoms with Gasteiger partial charge in [-0.05, 0) is 73.2 Å². The van der Waals surface area contributed by atoms with Gasteiger partial charge in [-0.2, -0.15) is 0 Å². The van der Waals surface area contributed by atoms with Gasteiger partial charge >= 0.3 is 0 Å². The molecule has 6 nitrogen and oxygen atoms in total. The van der Waals surface area contributed by atoms with Crippen LogP contribution in [0.25, 0.3) is 0 Å². The molecule has 1 aliphatic heterocycles. The van der Waals surface area contributed by atoms with Crippen molar-refractivity contribution in [3.05, 3.63) is 97.6 Å². The Hall–Kier alpha value is -3.03. The fourth-order valence-electron chi connectivity index (χ4n) is 3.33. The standard InChI is InChI=1S/C24H15Cl4N3O3/c1-12-8-14(25)4-7-19(12)30-22(32)13-2-5-17(6-3-13)29-21-20(28)23(33)31(24(21)34)18-10-15(26)9-16(27)11-18/h2-11,29H,1H3,(H,30,32). The lowest BCUT2D eigenvalue weighted by Gasteiger charge is -2.16. The van der Waals surface area contributed by atoms with Gasteiger partial charge in [-0.3, -0.25) is 14.4 Å². The molecule has 0 atom stereocenters. The van der Waals surface area contributed by atoms with Crippen molar-refractivity contribution in [2.45, 2.75) is 6.92 Å². The first-order valence-corrected chi connectivity index (χ1v) is 11.3. The molecule has 0 spiro atoms. The maximum Gasteiger partial charge on any atom is 0.283 e. The molecular formula is C24H15Cl4N3O3. The molecule has 4 rings (SSSR count). The van der Waals surface area contributed by atoms with Crippen molar-refractivity contribution in [2.24, 2.45) is 0 Å². The molecule has 10 heteroatoms. The summed E-state index contributed by atoms with van der Waals surface area (Å²) in [5.41, 5.74) is 2.42.